The zero-order chi connectivity index (χ0) is 18.1. The van der Waals surface area contributed by atoms with E-state index < -0.39 is 33.3 Å². The van der Waals surface area contributed by atoms with Crippen LogP contribution in [-0.2, 0) is 16.2 Å². The Morgan fingerprint density at radius 1 is 1.12 bits per heavy atom. The lowest BCUT2D eigenvalue weighted by Crippen LogP contribution is -2.17. The second-order valence-corrected chi connectivity index (χ2v) is 7.08. The van der Waals surface area contributed by atoms with Crippen LogP contribution in [-0.4, -0.2) is 8.42 Å². The van der Waals surface area contributed by atoms with E-state index in [4.69, 9.17) is 5.26 Å². The predicted octanol–water partition coefficient (Wildman–Crippen LogP) is 4.28. The molecule has 0 bridgehead atoms. The summed E-state index contributed by atoms with van der Waals surface area (Å²) < 4.78 is 78.3. The van der Waals surface area contributed by atoms with Gasteiger partial charge in [-0.1, -0.05) is 0 Å². The zero-order valence-electron chi connectivity index (χ0n) is 11.5. The molecule has 1 N–H and O–H groups in total. The second-order valence-electron chi connectivity index (χ2n) is 4.55. The average Bonchev–Trinajstić information content (AvgIpc) is 2.47. The minimum Gasteiger partial charge on any atom is -0.279 e. The van der Waals surface area contributed by atoms with E-state index in [1.54, 1.807) is 10.8 Å². The summed E-state index contributed by atoms with van der Waals surface area (Å²) in [5.41, 5.74) is -2.09. The van der Waals surface area contributed by atoms with Gasteiger partial charge in [0.15, 0.2) is 0 Å². The molecule has 0 aromatic heterocycles. The third-order valence-electron chi connectivity index (χ3n) is 2.90. The van der Waals surface area contributed by atoms with E-state index in [-0.39, 0.29) is 21.0 Å². The molecule has 4 nitrogen and oxygen atoms in total. The van der Waals surface area contributed by atoms with Crippen molar-refractivity contribution < 1.29 is 26.0 Å². The molecule has 0 saturated heterocycles. The fourth-order valence-electron chi connectivity index (χ4n) is 1.80. The van der Waals surface area contributed by atoms with Crippen LogP contribution in [0.2, 0.25) is 0 Å². The Labute approximate surface area is 142 Å². The summed E-state index contributed by atoms with van der Waals surface area (Å²) in [6.45, 7) is 0. The minimum atomic E-state index is -4.94. The third kappa shape index (κ3) is 3.85. The lowest BCUT2D eigenvalue weighted by atomic mass is 10.2. The van der Waals surface area contributed by atoms with Crippen LogP contribution in [0.5, 0.6) is 0 Å². The summed E-state index contributed by atoms with van der Waals surface area (Å²) >= 11 is 3.00. The quantitative estimate of drug-likeness (QED) is 0.750. The Kier molecular flexibility index (Phi) is 4.87. The van der Waals surface area contributed by atoms with Crippen molar-refractivity contribution in [3.63, 3.8) is 0 Å². The number of nitrogens with one attached hydrogen (secondary N) is 1. The number of anilines is 1. The van der Waals surface area contributed by atoms with Gasteiger partial charge in [-0.3, -0.25) is 4.72 Å². The lowest BCUT2D eigenvalue weighted by Gasteiger charge is -2.15. The van der Waals surface area contributed by atoms with Gasteiger partial charge < -0.3 is 0 Å². The Bertz CT molecular complexity index is 937. The summed E-state index contributed by atoms with van der Waals surface area (Å²) in [5, 5.41) is 8.79. The number of alkyl halides is 3. The molecule has 0 heterocycles. The molecule has 0 amide bonds. The van der Waals surface area contributed by atoms with Crippen LogP contribution in [0, 0.1) is 17.1 Å². The molecule has 0 unspecified atom stereocenters. The molecule has 0 aliphatic heterocycles. The third-order valence-corrected chi connectivity index (χ3v) is 4.92. The first-order valence-corrected chi connectivity index (χ1v) is 8.41. The van der Waals surface area contributed by atoms with Crippen LogP contribution in [0.25, 0.3) is 0 Å². The molecule has 0 aliphatic rings. The van der Waals surface area contributed by atoms with E-state index in [9.17, 15) is 26.0 Å². The van der Waals surface area contributed by atoms with Gasteiger partial charge in [-0.25, -0.2) is 12.8 Å². The molecule has 0 atom stereocenters. The summed E-state index contributed by atoms with van der Waals surface area (Å²) in [4.78, 5) is -0.356. The summed E-state index contributed by atoms with van der Waals surface area (Å²) in [6, 6.07) is 6.76. The van der Waals surface area contributed by atoms with Crippen molar-refractivity contribution in [2.45, 2.75) is 11.1 Å². The molecule has 24 heavy (non-hydrogen) atoms. The number of nitriles is 1. The van der Waals surface area contributed by atoms with Gasteiger partial charge >= 0.3 is 6.18 Å². The first-order chi connectivity index (χ1) is 11.0. The molecule has 2 aromatic carbocycles. The fraction of sp³-hybridized carbons (Fsp3) is 0.0714. The number of hydrogen-bond acceptors (Lipinski definition) is 3. The monoisotopic (exact) mass is 422 g/mol. The molecular weight excluding hydrogens is 416 g/mol. The van der Waals surface area contributed by atoms with Crippen molar-refractivity contribution in [1.29, 1.82) is 5.26 Å². The molecule has 2 rings (SSSR count). The van der Waals surface area contributed by atoms with E-state index in [1.807, 2.05) is 0 Å². The number of sulfonamides is 1. The Morgan fingerprint density at radius 2 is 1.79 bits per heavy atom. The van der Waals surface area contributed by atoms with Gasteiger partial charge in [0.05, 0.1) is 21.7 Å². The first-order valence-electron chi connectivity index (χ1n) is 6.14. The van der Waals surface area contributed by atoms with Gasteiger partial charge in [-0.05, 0) is 52.3 Å². The Hall–Kier alpha value is -2.12. The molecule has 0 saturated carbocycles. The van der Waals surface area contributed by atoms with Crippen molar-refractivity contribution >= 4 is 31.6 Å². The van der Waals surface area contributed by atoms with Gasteiger partial charge in [0.2, 0.25) is 0 Å². The zero-order valence-corrected chi connectivity index (χ0v) is 13.9. The number of hydrogen-bond donors (Lipinski definition) is 1. The fourth-order valence-corrected chi connectivity index (χ4v) is 3.52. The smallest absolute Gasteiger partial charge is 0.279 e. The Balaban J connectivity index is 2.48. The largest absolute Gasteiger partial charge is 0.418 e. The average molecular weight is 423 g/mol. The van der Waals surface area contributed by atoms with Gasteiger partial charge in [-0.2, -0.15) is 18.4 Å². The highest BCUT2D eigenvalue weighted by Gasteiger charge is 2.35. The normalized spacial score (nSPS) is 11.8. The number of nitrogens with zero attached hydrogens (tertiary/aromatic N) is 1. The van der Waals surface area contributed by atoms with Crippen molar-refractivity contribution in [3.05, 3.63) is 57.8 Å². The maximum atomic E-state index is 13.1. The molecular formula is C14H7BrF4N2O2S. The second kappa shape index (κ2) is 6.41. The van der Waals surface area contributed by atoms with E-state index in [0.717, 1.165) is 12.1 Å². The highest BCUT2D eigenvalue weighted by Crippen LogP contribution is 2.36. The topological polar surface area (TPSA) is 70.0 Å². The Morgan fingerprint density at radius 3 is 2.33 bits per heavy atom. The molecule has 0 fully saturated rings. The van der Waals surface area contributed by atoms with Crippen LogP contribution < -0.4 is 4.72 Å². The molecule has 0 spiro atoms. The van der Waals surface area contributed by atoms with E-state index in [2.05, 4.69) is 15.9 Å². The predicted molar refractivity (Wildman–Crippen MR) is 81.1 cm³/mol. The highest BCUT2D eigenvalue weighted by molar-refractivity contribution is 9.10. The number of rotatable bonds is 3. The maximum Gasteiger partial charge on any atom is 0.418 e. The van der Waals surface area contributed by atoms with Gasteiger partial charge in [-0.15, -0.1) is 0 Å². The van der Waals surface area contributed by atoms with Crippen molar-refractivity contribution in [1.82, 2.24) is 0 Å². The van der Waals surface area contributed by atoms with Crippen LogP contribution in [0.4, 0.5) is 23.2 Å². The van der Waals surface area contributed by atoms with Crippen LogP contribution in [0.1, 0.15) is 11.1 Å². The van der Waals surface area contributed by atoms with Crippen LogP contribution in [0.3, 0.4) is 0 Å². The number of halogens is 5. The molecule has 10 heteroatoms. The molecule has 2 aromatic rings. The maximum absolute atomic E-state index is 13.1. The molecule has 0 aliphatic carbocycles. The number of benzene rings is 2. The summed E-state index contributed by atoms with van der Waals surface area (Å²) in [6.07, 6.45) is -4.94. The molecule has 0 radical (unpaired) electrons. The SMILES string of the molecule is N#Cc1ccc(S(=O)(=O)Nc2ccc(F)cc2C(F)(F)F)cc1Br. The van der Waals surface area contributed by atoms with E-state index in [1.165, 1.54) is 6.07 Å². The lowest BCUT2D eigenvalue weighted by molar-refractivity contribution is -0.137. The van der Waals surface area contributed by atoms with E-state index >= 15 is 0 Å². The van der Waals surface area contributed by atoms with Crippen molar-refractivity contribution in [3.8, 4) is 6.07 Å². The standard InChI is InChI=1S/C14H7BrF4N2O2S/c15-12-6-10(3-1-8(12)7-20)24(22,23)21-13-4-2-9(16)5-11(13)14(17,18)19/h1-6,21H. The highest BCUT2D eigenvalue weighted by atomic mass is 79.9. The van der Waals surface area contributed by atoms with Gasteiger partial charge in [0.1, 0.15) is 11.9 Å². The van der Waals surface area contributed by atoms with Crippen molar-refractivity contribution in [2.75, 3.05) is 4.72 Å². The molecule has 126 valence electrons. The van der Waals surface area contributed by atoms with Gasteiger partial charge in [0.25, 0.3) is 10.0 Å². The summed E-state index contributed by atoms with van der Waals surface area (Å²) in [5.74, 6) is -1.15. The van der Waals surface area contributed by atoms with E-state index in [0.29, 0.717) is 12.1 Å². The van der Waals surface area contributed by atoms with Crippen LogP contribution in [0.15, 0.2) is 45.8 Å². The van der Waals surface area contributed by atoms with Crippen molar-refractivity contribution in [2.24, 2.45) is 0 Å². The summed E-state index contributed by atoms with van der Waals surface area (Å²) in [7, 11) is -4.37. The van der Waals surface area contributed by atoms with Crippen LogP contribution >= 0.6 is 15.9 Å². The minimum absolute atomic E-state index is 0.159. The first kappa shape index (κ1) is 18.2. The van der Waals surface area contributed by atoms with Gasteiger partial charge in [0, 0.05) is 4.47 Å².